The summed E-state index contributed by atoms with van der Waals surface area (Å²) in [4.78, 5) is 20.0. The number of aliphatic imine (C=N–C) groups is 5. The molecule has 0 aliphatic carbocycles. The van der Waals surface area contributed by atoms with Crippen LogP contribution in [0.1, 0.15) is 108 Å². The molecule has 5 atom stereocenters. The molecule has 0 saturated heterocycles. The molecule has 5 unspecified atom stereocenters. The van der Waals surface area contributed by atoms with Crippen LogP contribution in [0, 0.1) is 57.9 Å². The molecule has 0 spiro atoms. The van der Waals surface area contributed by atoms with Crippen molar-refractivity contribution in [3.8, 4) is 28.7 Å². The average Bonchev–Trinajstić information content (AvgIpc) is 0.781. The van der Waals surface area contributed by atoms with E-state index in [1.807, 2.05) is 88.5 Å². The van der Waals surface area contributed by atoms with Crippen LogP contribution in [0.25, 0.3) is 0 Å². The molecular weight excluding hydrogens is 1970 g/mol. The van der Waals surface area contributed by atoms with E-state index >= 15 is 0 Å². The van der Waals surface area contributed by atoms with E-state index in [1.54, 1.807) is 103 Å². The van der Waals surface area contributed by atoms with Gasteiger partial charge in [-0.05, 0) is 179 Å². The Kier molecular flexibility index (Phi) is 60.7. The summed E-state index contributed by atoms with van der Waals surface area (Å²) in [5.74, 6) is 0.473. The van der Waals surface area contributed by atoms with E-state index in [4.69, 9.17) is 93.0 Å². The van der Waals surface area contributed by atoms with Gasteiger partial charge in [-0.2, -0.15) is 0 Å². The minimum absolute atomic E-state index is 0.0356. The molecule has 0 heterocycles. The van der Waals surface area contributed by atoms with Crippen LogP contribution in [0.3, 0.4) is 0 Å². The predicted octanol–water partition coefficient (Wildman–Crippen LogP) is 21.9. The van der Waals surface area contributed by atoms with Crippen molar-refractivity contribution in [2.24, 2.45) is 25.0 Å². The first-order valence-electron chi connectivity index (χ1n) is 34.5. The summed E-state index contributed by atoms with van der Waals surface area (Å²) in [6.45, 7) is 23.0. The normalized spacial score (nSPS) is 11.2. The summed E-state index contributed by atoms with van der Waals surface area (Å²) in [6, 6.07) is 51.6. The Balaban J connectivity index is 0.000000703. The van der Waals surface area contributed by atoms with E-state index in [1.165, 1.54) is 65.0 Å². The second-order valence-electron chi connectivity index (χ2n) is 26.3. The van der Waals surface area contributed by atoms with Crippen molar-refractivity contribution in [3.05, 3.63) is 266 Å². The molecule has 0 saturated carbocycles. The second-order valence-corrected chi connectivity index (χ2v) is 45.9. The number of phenolic OH excluding ortho intramolecular Hbond substituents is 5. The number of hydrogen-bond acceptors (Lipinski definition) is 10. The Morgan fingerprint density at radius 3 is 0.983 bits per heavy atom. The van der Waals surface area contributed by atoms with Crippen molar-refractivity contribution < 1.29 is 128 Å². The fourth-order valence-corrected chi connectivity index (χ4v) is 16.4. The summed E-state index contributed by atoms with van der Waals surface area (Å²) in [5, 5.41) is 60.4. The van der Waals surface area contributed by atoms with Gasteiger partial charge in [0.15, 0.2) is 0 Å². The zero-order valence-electron chi connectivity index (χ0n) is 66.9. The van der Waals surface area contributed by atoms with Gasteiger partial charge in [-0.15, -0.1) is 0 Å². The van der Waals surface area contributed by atoms with E-state index in [-0.39, 0.29) is 79.9 Å². The third-order valence-electron chi connectivity index (χ3n) is 15.5. The molecule has 34 heteroatoms. The van der Waals surface area contributed by atoms with E-state index < -0.39 is 85.2 Å². The van der Waals surface area contributed by atoms with Crippen LogP contribution in [0.4, 0.5) is 17.6 Å². The van der Waals surface area contributed by atoms with E-state index in [0.29, 0.717) is 25.8 Å². The third kappa shape index (κ3) is 44.1. The first-order valence-corrected chi connectivity index (χ1v) is 61.0. The molecule has 10 nitrogen and oxygen atoms in total. The van der Waals surface area contributed by atoms with Crippen molar-refractivity contribution in [2.45, 2.75) is 87.0 Å². The van der Waals surface area contributed by atoms with Crippen LogP contribution in [0.2, 0.25) is 0 Å². The van der Waals surface area contributed by atoms with Crippen molar-refractivity contribution in [2.75, 3.05) is 35.2 Å². The summed E-state index contributed by atoms with van der Waals surface area (Å²) >= 11 is -2.78. The number of nitrogens with zero attached hydrogens (tertiary/aromatic N) is 5. The van der Waals surface area contributed by atoms with E-state index in [9.17, 15) is 43.1 Å². The van der Waals surface area contributed by atoms with Crippen LogP contribution in [-0.4, -0.2) is 91.8 Å². The van der Waals surface area contributed by atoms with Gasteiger partial charge in [0.2, 0.25) is 0 Å². The van der Waals surface area contributed by atoms with Crippen LogP contribution in [0.15, 0.2) is 201 Å². The van der Waals surface area contributed by atoms with E-state index in [2.05, 4.69) is 104 Å². The Morgan fingerprint density at radius 2 is 0.598 bits per heavy atom. The monoisotopic (exact) mass is 2060 g/mol. The van der Waals surface area contributed by atoms with E-state index in [0.717, 1.165) is 103 Å². The molecule has 0 fully saturated rings. The van der Waals surface area contributed by atoms with Crippen LogP contribution in [0.5, 0.6) is 28.7 Å². The summed E-state index contributed by atoms with van der Waals surface area (Å²) in [6.07, 6.45) is 8.46. The second kappa shape index (κ2) is 62.9. The number of benzene rings is 10. The standard InChI is InChI=1S/C23H32NOP.C16H17FNOP.2C15H15FNOP.C14H13FNOP.10ClH.5Ti/c1-15-9-10-19(16(11-15)14-24-8)26-20-13-17(22(2,3)4)12-18(21(20)25)23(5,6)7;1-10-6-11(2)16(19)15(7-10)20-14-5-4-13(17)8-12(14)9-18-3;1-10-3-5-13(18)15(7-10)19-14-6-4-12(16)8-11(14)9-17-2;1-10-4-3-5-14(15(10)18)19-13-7-6-12(16)8-11(13)9-17-2;1-16-9-10-8-11(15)6-7-13(10)18-14-5-3-2-4-12(14)17;;;;;;;;;;;;;;;/h9-14,25-26H,1-8H3;4-9,19-20H,1-3H3;2*3-9,18-19H,1-2H3;2-9,17-18H,1H3;10*1H;;;;;/q;;;;;;;;;;;;;;;5*+2/p-10. The molecular formula is C83H92Cl10F4N5O5P5Ti5. The molecule has 0 amide bonds. The number of halogens is 14. The molecule has 117 heavy (non-hydrogen) atoms. The van der Waals surface area contributed by atoms with Gasteiger partial charge >= 0.3 is 178 Å². The minimum atomic E-state index is -0.556. The molecule has 10 aromatic rings. The van der Waals surface area contributed by atoms with Crippen molar-refractivity contribution in [1.82, 2.24) is 0 Å². The number of para-hydroxylation sites is 2. The topological polar surface area (TPSA) is 163 Å². The fourth-order valence-electron chi connectivity index (χ4n) is 10.2. The molecule has 0 aliphatic rings. The average molecular weight is 2060 g/mol. The summed E-state index contributed by atoms with van der Waals surface area (Å²) < 4.78 is 53.0. The van der Waals surface area contributed by atoms with Crippen LogP contribution >= 0.6 is 136 Å². The molecule has 5 N–H and O–H groups in total. The maximum absolute atomic E-state index is 13.3. The van der Waals surface area contributed by atoms with Gasteiger partial charge < -0.3 is 25.5 Å². The first-order chi connectivity index (χ1) is 55.4. The van der Waals surface area contributed by atoms with Gasteiger partial charge in [-0.25, -0.2) is 17.6 Å². The summed E-state index contributed by atoms with van der Waals surface area (Å²) in [5.41, 5.74) is 11.5. The van der Waals surface area contributed by atoms with Crippen molar-refractivity contribution in [3.63, 3.8) is 0 Å². The van der Waals surface area contributed by atoms with Gasteiger partial charge in [0.25, 0.3) is 0 Å². The Morgan fingerprint density at radius 1 is 0.291 bits per heavy atom. The Hall–Kier alpha value is -2.11. The Bertz CT molecular complexity index is 4780. The molecule has 10 rings (SSSR count). The molecule has 0 bridgehead atoms. The molecule has 0 aliphatic heterocycles. The van der Waals surface area contributed by atoms with Crippen LogP contribution in [-0.2, 0) is 96.0 Å². The molecule has 622 valence electrons. The number of hydrogen-bond donors (Lipinski definition) is 5. The molecule has 0 aromatic heterocycles. The Labute approximate surface area is 780 Å². The fraction of sp³-hybridized carbons (Fsp3) is 0.217. The van der Waals surface area contributed by atoms with Gasteiger partial charge in [0.05, 0.1) is 0 Å². The van der Waals surface area contributed by atoms with Crippen molar-refractivity contribution in [1.29, 1.82) is 0 Å². The van der Waals surface area contributed by atoms with Crippen molar-refractivity contribution >= 4 is 220 Å². The first kappa shape index (κ1) is 113. The van der Waals surface area contributed by atoms with Crippen LogP contribution < -0.4 is 53.0 Å². The number of aromatic hydroxyl groups is 5. The summed E-state index contributed by atoms with van der Waals surface area (Å²) in [7, 11) is 58.8. The van der Waals surface area contributed by atoms with Gasteiger partial charge in [0.1, 0.15) is 52.0 Å². The zero-order chi connectivity index (χ0) is 88.5. The van der Waals surface area contributed by atoms with Gasteiger partial charge in [-0.1, -0.05) is 187 Å². The predicted molar refractivity (Wildman–Crippen MR) is 498 cm³/mol. The van der Waals surface area contributed by atoms with Gasteiger partial charge in [-0.3, -0.25) is 25.0 Å². The SMILES string of the molecule is CN=Cc1cc(C)ccc1Pc1cc(C(C)(C)C)cc(C(C)(C)C)c1O.CN=Cc1cc(F)ccc1Pc1cc(C)cc(C)c1O.CN=Cc1cc(F)ccc1Pc1cc(C)ccc1O.CN=Cc1cc(F)ccc1Pc1cccc(C)c1O.CN=Cc1cc(F)ccc1Pc1ccccc1O.[Cl][Ti][Cl].[Cl][Ti][Cl].[Cl][Ti][Cl].[Cl][Ti][Cl].[Cl][Ti][Cl]. The molecule has 10 aromatic carbocycles. The number of phenols is 5. The maximum atomic E-state index is 13.3. The third-order valence-corrected chi connectivity index (χ3v) is 22.4. The molecule has 0 radical (unpaired) electrons. The van der Waals surface area contributed by atoms with Gasteiger partial charge in [0, 0.05) is 126 Å². The quantitative estimate of drug-likeness (QED) is 0.0298. The number of aryl methyl sites for hydroxylation is 5. The number of rotatable bonds is 15. The zero-order valence-corrected chi connectivity index (χ0v) is 87.3.